The van der Waals surface area contributed by atoms with Crippen LogP contribution in [0.25, 0.3) is 10.8 Å². The molecule has 1 nitrogen and oxygen atoms in total. The fraction of sp³-hybridized carbons (Fsp3) is 0.375. The Hall–Kier alpha value is -1.50. The quantitative estimate of drug-likeness (QED) is 0.806. The third-order valence-corrected chi connectivity index (χ3v) is 3.79. The van der Waals surface area contributed by atoms with E-state index in [4.69, 9.17) is 0 Å². The number of anilines is 1. The second-order valence-electron chi connectivity index (χ2n) is 5.06. The Bertz CT molecular complexity index is 530. The van der Waals surface area contributed by atoms with Gasteiger partial charge in [-0.15, -0.1) is 0 Å². The topological polar surface area (TPSA) is 12.0 Å². The van der Waals surface area contributed by atoms with Crippen molar-refractivity contribution in [1.29, 1.82) is 0 Å². The monoisotopic (exact) mass is 225 g/mol. The van der Waals surface area contributed by atoms with Gasteiger partial charge in [0, 0.05) is 17.6 Å². The van der Waals surface area contributed by atoms with Crippen LogP contribution < -0.4 is 5.32 Å². The van der Waals surface area contributed by atoms with Crippen molar-refractivity contribution in [2.45, 2.75) is 26.2 Å². The van der Waals surface area contributed by atoms with Crippen LogP contribution in [0, 0.1) is 5.92 Å². The summed E-state index contributed by atoms with van der Waals surface area (Å²) in [6.45, 7) is 3.41. The SMILES string of the molecule is CCCC1CNc2c(ccc3ccccc23)C1. The van der Waals surface area contributed by atoms with Crippen LogP contribution in [0.2, 0.25) is 0 Å². The second kappa shape index (κ2) is 4.40. The lowest BCUT2D eigenvalue weighted by atomic mass is 9.89. The first-order chi connectivity index (χ1) is 8.38. The molecule has 0 bridgehead atoms. The Morgan fingerprint density at radius 2 is 2.06 bits per heavy atom. The van der Waals surface area contributed by atoms with E-state index in [1.807, 2.05) is 0 Å². The van der Waals surface area contributed by atoms with Crippen LogP contribution in [-0.4, -0.2) is 6.54 Å². The molecule has 0 fully saturated rings. The predicted molar refractivity (Wildman–Crippen MR) is 74.5 cm³/mol. The molecule has 1 N–H and O–H groups in total. The molecule has 88 valence electrons. The van der Waals surface area contributed by atoms with E-state index < -0.39 is 0 Å². The molecule has 1 atom stereocenters. The van der Waals surface area contributed by atoms with Crippen LogP contribution in [0.1, 0.15) is 25.3 Å². The van der Waals surface area contributed by atoms with Crippen LogP contribution in [0.3, 0.4) is 0 Å². The van der Waals surface area contributed by atoms with E-state index in [-0.39, 0.29) is 0 Å². The van der Waals surface area contributed by atoms with E-state index in [2.05, 4.69) is 48.6 Å². The number of nitrogens with one attached hydrogen (secondary N) is 1. The standard InChI is InChI=1S/C16H19N/c1-2-5-12-10-14-9-8-13-6-3-4-7-15(13)16(14)17-11-12/h3-4,6-9,12,17H,2,5,10-11H2,1H3. The zero-order chi connectivity index (χ0) is 11.7. The lowest BCUT2D eigenvalue weighted by molar-refractivity contribution is 0.490. The van der Waals surface area contributed by atoms with Gasteiger partial charge < -0.3 is 5.32 Å². The molecule has 1 aliphatic heterocycles. The highest BCUT2D eigenvalue weighted by Crippen LogP contribution is 2.33. The van der Waals surface area contributed by atoms with Gasteiger partial charge in [0.05, 0.1) is 0 Å². The molecule has 1 heterocycles. The zero-order valence-electron chi connectivity index (χ0n) is 10.4. The summed E-state index contributed by atoms with van der Waals surface area (Å²) in [5.41, 5.74) is 2.86. The minimum Gasteiger partial charge on any atom is -0.384 e. The maximum Gasteiger partial charge on any atom is 0.0452 e. The van der Waals surface area contributed by atoms with Crippen molar-refractivity contribution in [2.24, 2.45) is 5.92 Å². The molecule has 1 heteroatoms. The molecule has 17 heavy (non-hydrogen) atoms. The Morgan fingerprint density at radius 3 is 2.94 bits per heavy atom. The summed E-state index contributed by atoms with van der Waals surface area (Å²) in [7, 11) is 0. The Labute approximate surface area is 103 Å². The molecule has 0 aliphatic carbocycles. The lowest BCUT2D eigenvalue weighted by Gasteiger charge is -2.27. The Kier molecular flexibility index (Phi) is 2.76. The lowest BCUT2D eigenvalue weighted by Crippen LogP contribution is -2.23. The van der Waals surface area contributed by atoms with Crippen molar-refractivity contribution < 1.29 is 0 Å². The molecule has 1 unspecified atom stereocenters. The number of benzene rings is 2. The molecule has 0 saturated heterocycles. The van der Waals surface area contributed by atoms with Crippen molar-refractivity contribution in [3.8, 4) is 0 Å². The molecule has 2 aromatic carbocycles. The van der Waals surface area contributed by atoms with E-state index in [0.29, 0.717) is 0 Å². The molecule has 1 aliphatic rings. The van der Waals surface area contributed by atoms with E-state index >= 15 is 0 Å². The van der Waals surface area contributed by atoms with Gasteiger partial charge in [-0.25, -0.2) is 0 Å². The smallest absolute Gasteiger partial charge is 0.0452 e. The highest BCUT2D eigenvalue weighted by atomic mass is 14.9. The van der Waals surface area contributed by atoms with E-state index in [1.54, 1.807) is 0 Å². The fourth-order valence-corrected chi connectivity index (χ4v) is 2.94. The molecule has 0 radical (unpaired) electrons. The summed E-state index contributed by atoms with van der Waals surface area (Å²) in [5, 5.41) is 6.36. The number of hydrogen-bond donors (Lipinski definition) is 1. The zero-order valence-corrected chi connectivity index (χ0v) is 10.4. The molecular weight excluding hydrogens is 206 g/mol. The Morgan fingerprint density at radius 1 is 1.18 bits per heavy atom. The van der Waals surface area contributed by atoms with Gasteiger partial charge in [0.25, 0.3) is 0 Å². The molecule has 2 aromatic rings. The summed E-state index contributed by atoms with van der Waals surface area (Å²) in [5.74, 6) is 0.814. The molecule has 0 aromatic heterocycles. The predicted octanol–water partition coefficient (Wildman–Crippen LogP) is 4.22. The largest absolute Gasteiger partial charge is 0.384 e. The van der Waals surface area contributed by atoms with Gasteiger partial charge in [-0.2, -0.15) is 0 Å². The summed E-state index contributed by atoms with van der Waals surface area (Å²) in [4.78, 5) is 0. The van der Waals surface area contributed by atoms with Crippen molar-refractivity contribution in [3.05, 3.63) is 42.0 Å². The van der Waals surface area contributed by atoms with Gasteiger partial charge in [-0.1, -0.05) is 49.7 Å². The molecule has 0 amide bonds. The van der Waals surface area contributed by atoms with Gasteiger partial charge >= 0.3 is 0 Å². The second-order valence-corrected chi connectivity index (χ2v) is 5.06. The van der Waals surface area contributed by atoms with Crippen molar-refractivity contribution >= 4 is 16.5 Å². The molecule has 0 spiro atoms. The molecular formula is C16H19N. The minimum absolute atomic E-state index is 0.814. The van der Waals surface area contributed by atoms with Crippen LogP contribution in [0.4, 0.5) is 5.69 Å². The van der Waals surface area contributed by atoms with Gasteiger partial charge in [0.15, 0.2) is 0 Å². The Balaban J connectivity index is 2.02. The van der Waals surface area contributed by atoms with Crippen molar-refractivity contribution in [1.82, 2.24) is 0 Å². The van der Waals surface area contributed by atoms with E-state index in [9.17, 15) is 0 Å². The fourth-order valence-electron chi connectivity index (χ4n) is 2.94. The van der Waals surface area contributed by atoms with Crippen LogP contribution in [-0.2, 0) is 6.42 Å². The first-order valence-electron chi connectivity index (χ1n) is 6.63. The summed E-state index contributed by atoms with van der Waals surface area (Å²) < 4.78 is 0. The first-order valence-corrected chi connectivity index (χ1v) is 6.63. The average molecular weight is 225 g/mol. The van der Waals surface area contributed by atoms with Crippen LogP contribution in [0.5, 0.6) is 0 Å². The molecule has 0 saturated carbocycles. The maximum atomic E-state index is 3.64. The normalized spacial score (nSPS) is 18.8. The number of hydrogen-bond acceptors (Lipinski definition) is 1. The highest BCUT2D eigenvalue weighted by Gasteiger charge is 2.18. The van der Waals surface area contributed by atoms with Gasteiger partial charge in [-0.05, 0) is 29.7 Å². The summed E-state index contributed by atoms with van der Waals surface area (Å²) in [6, 6.07) is 13.2. The maximum absolute atomic E-state index is 3.64. The van der Waals surface area contributed by atoms with Crippen molar-refractivity contribution in [2.75, 3.05) is 11.9 Å². The van der Waals surface area contributed by atoms with E-state index in [1.165, 1.54) is 41.3 Å². The minimum atomic E-state index is 0.814. The number of rotatable bonds is 2. The third-order valence-electron chi connectivity index (χ3n) is 3.79. The number of fused-ring (bicyclic) bond motifs is 3. The van der Waals surface area contributed by atoms with Gasteiger partial charge in [0.2, 0.25) is 0 Å². The average Bonchev–Trinajstić information content (AvgIpc) is 2.39. The summed E-state index contributed by atoms with van der Waals surface area (Å²) >= 11 is 0. The van der Waals surface area contributed by atoms with Gasteiger partial charge in [-0.3, -0.25) is 0 Å². The first kappa shape index (κ1) is 10.6. The van der Waals surface area contributed by atoms with Crippen LogP contribution >= 0.6 is 0 Å². The van der Waals surface area contributed by atoms with Gasteiger partial charge in [0.1, 0.15) is 0 Å². The van der Waals surface area contributed by atoms with Crippen LogP contribution in [0.15, 0.2) is 36.4 Å². The summed E-state index contributed by atoms with van der Waals surface area (Å²) in [6.07, 6.45) is 3.86. The van der Waals surface area contributed by atoms with E-state index in [0.717, 1.165) is 12.5 Å². The third kappa shape index (κ3) is 1.90. The van der Waals surface area contributed by atoms with Crippen molar-refractivity contribution in [3.63, 3.8) is 0 Å². The highest BCUT2D eigenvalue weighted by molar-refractivity contribution is 5.95. The molecule has 3 rings (SSSR count).